The minimum atomic E-state index is -0.957. The average Bonchev–Trinajstić information content (AvgIpc) is 2.78. The van der Waals surface area contributed by atoms with Gasteiger partial charge in [0.2, 0.25) is 17.7 Å². The van der Waals surface area contributed by atoms with Crippen molar-refractivity contribution in [1.29, 1.82) is 5.41 Å². The molecule has 0 radical (unpaired) electrons. The standard InChI is InChI=1S/C24H35N5O5S2/c1-14(2)19(25)29-22(32)18(28-23(33)34-24(3,4)5)13-36-35-12-17-21(31)26-16(20(30)27-17)11-15-9-7-6-8-10-15/h6-10,14,16-18H,11-13H2,1-5H3,(H,26,31)(H,27,30)(H,28,33)(H2,25,29,32)/t16-,17+,18+/m1/s1. The minimum absolute atomic E-state index is 0.0419. The maximum absolute atomic E-state index is 12.7. The van der Waals surface area contributed by atoms with Crippen molar-refractivity contribution < 1.29 is 23.9 Å². The van der Waals surface area contributed by atoms with Crippen LogP contribution in [0.4, 0.5) is 4.79 Å². The number of ether oxygens (including phenoxy) is 1. The second-order valence-electron chi connectivity index (χ2n) is 9.64. The number of rotatable bonds is 10. The number of hydrogen-bond acceptors (Lipinski definition) is 8. The van der Waals surface area contributed by atoms with Gasteiger partial charge in [0.05, 0.1) is 0 Å². The van der Waals surface area contributed by atoms with Gasteiger partial charge in [0, 0.05) is 23.8 Å². The lowest BCUT2D eigenvalue weighted by atomic mass is 10.0. The molecule has 1 aliphatic heterocycles. The van der Waals surface area contributed by atoms with E-state index in [4.69, 9.17) is 10.1 Å². The van der Waals surface area contributed by atoms with Crippen LogP contribution >= 0.6 is 21.6 Å². The summed E-state index contributed by atoms with van der Waals surface area (Å²) in [4.78, 5) is 49.9. The fraction of sp³-hybridized carbons (Fsp3) is 0.542. The molecule has 0 unspecified atom stereocenters. The van der Waals surface area contributed by atoms with Crippen molar-refractivity contribution >= 4 is 51.2 Å². The van der Waals surface area contributed by atoms with E-state index in [1.807, 2.05) is 30.3 Å². The molecular weight excluding hydrogens is 502 g/mol. The van der Waals surface area contributed by atoms with Crippen molar-refractivity contribution in [2.24, 2.45) is 5.92 Å². The molecule has 0 bridgehead atoms. The number of carbonyl (C=O) groups excluding carboxylic acids is 4. The number of benzene rings is 1. The smallest absolute Gasteiger partial charge is 0.408 e. The topological polar surface area (TPSA) is 149 Å². The highest BCUT2D eigenvalue weighted by Gasteiger charge is 2.34. The summed E-state index contributed by atoms with van der Waals surface area (Å²) < 4.78 is 5.25. The Morgan fingerprint density at radius 2 is 1.67 bits per heavy atom. The first-order valence-corrected chi connectivity index (χ1v) is 14.1. The lowest BCUT2D eigenvalue weighted by Crippen LogP contribution is -2.63. The highest BCUT2D eigenvalue weighted by Crippen LogP contribution is 2.24. The molecule has 4 amide bonds. The molecule has 1 aromatic carbocycles. The van der Waals surface area contributed by atoms with E-state index in [0.29, 0.717) is 6.42 Å². The van der Waals surface area contributed by atoms with E-state index < -0.39 is 35.7 Å². The second kappa shape index (κ2) is 13.5. The van der Waals surface area contributed by atoms with Gasteiger partial charge in [0.15, 0.2) is 0 Å². The number of alkyl carbamates (subject to hydrolysis) is 1. The summed E-state index contributed by atoms with van der Waals surface area (Å²) in [5, 5.41) is 18.5. The Hall–Kier alpha value is -2.73. The van der Waals surface area contributed by atoms with E-state index in [9.17, 15) is 19.2 Å². The molecule has 1 heterocycles. The molecule has 3 atom stereocenters. The third-order valence-corrected chi connectivity index (χ3v) is 7.37. The van der Waals surface area contributed by atoms with Gasteiger partial charge in [-0.2, -0.15) is 0 Å². The van der Waals surface area contributed by atoms with Crippen molar-refractivity contribution in [3.8, 4) is 0 Å². The molecule has 0 aliphatic carbocycles. The fourth-order valence-corrected chi connectivity index (χ4v) is 5.34. The lowest BCUT2D eigenvalue weighted by Gasteiger charge is -2.29. The van der Waals surface area contributed by atoms with E-state index in [0.717, 1.165) is 5.56 Å². The summed E-state index contributed by atoms with van der Waals surface area (Å²) in [6.45, 7) is 8.70. The summed E-state index contributed by atoms with van der Waals surface area (Å²) in [7, 11) is 2.57. The Bertz CT molecular complexity index is 952. The van der Waals surface area contributed by atoms with Crippen molar-refractivity contribution in [1.82, 2.24) is 21.3 Å². The molecule has 0 spiro atoms. The number of amidine groups is 1. The van der Waals surface area contributed by atoms with Gasteiger partial charge in [-0.25, -0.2) is 4.79 Å². The Labute approximate surface area is 219 Å². The van der Waals surface area contributed by atoms with Crippen LogP contribution in [0.2, 0.25) is 0 Å². The SMILES string of the molecule is CC(C)C(=N)NC(=O)[C@H](CSSC[C@@H]1NC(=O)[C@@H](Cc2ccccc2)NC1=O)NC(=O)OC(C)(C)C. The van der Waals surface area contributed by atoms with Gasteiger partial charge in [-0.3, -0.25) is 19.8 Å². The lowest BCUT2D eigenvalue weighted by molar-refractivity contribution is -0.136. The van der Waals surface area contributed by atoms with E-state index >= 15 is 0 Å². The van der Waals surface area contributed by atoms with Crippen LogP contribution in [-0.2, 0) is 25.5 Å². The van der Waals surface area contributed by atoms with Crippen LogP contribution in [0.1, 0.15) is 40.2 Å². The quantitative estimate of drug-likeness (QED) is 0.133. The van der Waals surface area contributed by atoms with Crippen LogP contribution in [0.15, 0.2) is 30.3 Å². The van der Waals surface area contributed by atoms with Crippen molar-refractivity contribution in [3.63, 3.8) is 0 Å². The number of piperazine rings is 1. The van der Waals surface area contributed by atoms with Crippen LogP contribution in [0, 0.1) is 11.3 Å². The molecule has 0 aromatic heterocycles. The molecule has 1 aromatic rings. The Kier molecular flexibility index (Phi) is 11.1. The number of amides is 4. The first kappa shape index (κ1) is 29.5. The maximum Gasteiger partial charge on any atom is 0.408 e. The summed E-state index contributed by atoms with van der Waals surface area (Å²) in [6, 6.07) is 7.16. The molecule has 5 N–H and O–H groups in total. The van der Waals surface area contributed by atoms with Gasteiger partial charge in [-0.05, 0) is 26.3 Å². The molecule has 2 rings (SSSR count). The number of carbonyl (C=O) groups is 4. The van der Waals surface area contributed by atoms with Gasteiger partial charge < -0.3 is 26.0 Å². The zero-order chi connectivity index (χ0) is 26.9. The van der Waals surface area contributed by atoms with Gasteiger partial charge in [0.25, 0.3) is 0 Å². The van der Waals surface area contributed by atoms with Gasteiger partial charge in [-0.1, -0.05) is 65.8 Å². The van der Waals surface area contributed by atoms with Gasteiger partial charge in [-0.15, -0.1) is 0 Å². The van der Waals surface area contributed by atoms with Crippen molar-refractivity contribution in [2.45, 2.75) is 64.8 Å². The second-order valence-corrected chi connectivity index (χ2v) is 12.2. The predicted octanol–water partition coefficient (Wildman–Crippen LogP) is 2.24. The molecular formula is C24H35N5O5S2. The third-order valence-electron chi connectivity index (χ3n) is 4.94. The van der Waals surface area contributed by atoms with Crippen LogP contribution in [0.3, 0.4) is 0 Å². The highest BCUT2D eigenvalue weighted by atomic mass is 33.1. The largest absolute Gasteiger partial charge is 0.444 e. The molecule has 1 aliphatic rings. The molecule has 198 valence electrons. The minimum Gasteiger partial charge on any atom is -0.444 e. The fourth-order valence-electron chi connectivity index (χ4n) is 3.02. The normalized spacial score (nSPS) is 18.6. The zero-order valence-corrected chi connectivity index (χ0v) is 22.8. The number of nitrogens with one attached hydrogen (secondary N) is 5. The van der Waals surface area contributed by atoms with E-state index in [-0.39, 0.29) is 35.1 Å². The predicted molar refractivity (Wildman–Crippen MR) is 143 cm³/mol. The van der Waals surface area contributed by atoms with Crippen LogP contribution in [-0.4, -0.2) is 64.9 Å². The Balaban J connectivity index is 1.87. The maximum atomic E-state index is 12.7. The van der Waals surface area contributed by atoms with Gasteiger partial charge in [0.1, 0.15) is 29.6 Å². The van der Waals surface area contributed by atoms with E-state index in [1.54, 1.807) is 34.6 Å². The highest BCUT2D eigenvalue weighted by molar-refractivity contribution is 8.76. The summed E-state index contributed by atoms with van der Waals surface area (Å²) in [6.07, 6.45) is -0.335. The monoisotopic (exact) mass is 537 g/mol. The zero-order valence-electron chi connectivity index (χ0n) is 21.2. The molecule has 1 saturated heterocycles. The van der Waals surface area contributed by atoms with Crippen LogP contribution < -0.4 is 21.3 Å². The summed E-state index contributed by atoms with van der Waals surface area (Å²) in [5.41, 5.74) is 0.219. The van der Waals surface area contributed by atoms with Crippen molar-refractivity contribution in [2.75, 3.05) is 11.5 Å². The Morgan fingerprint density at radius 1 is 1.06 bits per heavy atom. The first-order chi connectivity index (χ1) is 16.9. The van der Waals surface area contributed by atoms with Crippen LogP contribution in [0.5, 0.6) is 0 Å². The molecule has 10 nitrogen and oxygen atoms in total. The van der Waals surface area contributed by atoms with Crippen molar-refractivity contribution in [3.05, 3.63) is 35.9 Å². The van der Waals surface area contributed by atoms with E-state index in [1.165, 1.54) is 21.6 Å². The average molecular weight is 538 g/mol. The molecule has 1 fully saturated rings. The summed E-state index contributed by atoms with van der Waals surface area (Å²) >= 11 is 0. The number of hydrogen-bond donors (Lipinski definition) is 5. The molecule has 36 heavy (non-hydrogen) atoms. The third kappa shape index (κ3) is 10.1. The first-order valence-electron chi connectivity index (χ1n) is 11.6. The van der Waals surface area contributed by atoms with Gasteiger partial charge >= 0.3 is 6.09 Å². The van der Waals surface area contributed by atoms with E-state index in [2.05, 4.69) is 21.3 Å². The molecule has 12 heteroatoms. The summed E-state index contributed by atoms with van der Waals surface area (Å²) in [5.74, 6) is -0.735. The Morgan fingerprint density at radius 3 is 2.28 bits per heavy atom. The molecule has 0 saturated carbocycles. The van der Waals surface area contributed by atoms with Crippen LogP contribution in [0.25, 0.3) is 0 Å².